The molecule has 0 saturated heterocycles. The minimum absolute atomic E-state index is 0.0950. The molecule has 0 fully saturated rings. The number of rotatable bonds is 3. The topological polar surface area (TPSA) is 0 Å². The molecule has 1 unspecified atom stereocenters. The minimum atomic E-state index is -0.0950. The van der Waals surface area contributed by atoms with Crippen LogP contribution in [0.4, 0.5) is 0 Å². The lowest BCUT2D eigenvalue weighted by Gasteiger charge is -2.14. The quantitative estimate of drug-likeness (QED) is 0.440. The van der Waals surface area contributed by atoms with Gasteiger partial charge in [-0.3, -0.25) is 0 Å². The van der Waals surface area contributed by atoms with E-state index in [4.69, 9.17) is 23.2 Å². The fourth-order valence-corrected chi connectivity index (χ4v) is 3.98. The van der Waals surface area contributed by atoms with Gasteiger partial charge in [0.25, 0.3) is 0 Å². The fourth-order valence-electron chi connectivity index (χ4n) is 2.53. The van der Waals surface area contributed by atoms with Crippen LogP contribution >= 0.6 is 39.1 Å². The van der Waals surface area contributed by atoms with Gasteiger partial charge in [-0.1, -0.05) is 76.1 Å². The second kappa shape index (κ2) is 6.39. The van der Waals surface area contributed by atoms with E-state index in [1.165, 1.54) is 16.3 Å². The zero-order valence-electron chi connectivity index (χ0n) is 11.2. The molecule has 0 aromatic heterocycles. The van der Waals surface area contributed by atoms with E-state index in [9.17, 15) is 0 Å². The zero-order valence-corrected chi connectivity index (χ0v) is 14.3. The highest BCUT2D eigenvalue weighted by Gasteiger charge is 2.14. The Kier molecular flexibility index (Phi) is 4.54. The molecule has 0 N–H and O–H groups in total. The average Bonchev–Trinajstić information content (AvgIpc) is 2.47. The van der Waals surface area contributed by atoms with Crippen LogP contribution in [0, 0.1) is 0 Å². The van der Waals surface area contributed by atoms with Crippen LogP contribution in [0.15, 0.2) is 65.1 Å². The average molecular weight is 380 g/mol. The van der Waals surface area contributed by atoms with E-state index in [2.05, 4.69) is 58.4 Å². The molecule has 0 spiro atoms. The summed E-state index contributed by atoms with van der Waals surface area (Å²) in [6, 6.07) is 20.5. The number of alkyl halides is 1. The maximum atomic E-state index is 6.63. The van der Waals surface area contributed by atoms with Crippen molar-refractivity contribution in [1.29, 1.82) is 0 Å². The van der Waals surface area contributed by atoms with Crippen LogP contribution in [0.1, 0.15) is 16.5 Å². The third-order valence-corrected chi connectivity index (χ3v) is 4.89. The Morgan fingerprint density at radius 3 is 2.52 bits per heavy atom. The Bertz CT molecular complexity index is 778. The summed E-state index contributed by atoms with van der Waals surface area (Å²) in [5, 5.41) is 3.12. The minimum Gasteiger partial charge on any atom is -0.117 e. The molecular formula is C18H13BrCl2. The Hall–Kier alpha value is -1.02. The summed E-state index contributed by atoms with van der Waals surface area (Å²) in [5.74, 6) is 0. The van der Waals surface area contributed by atoms with Crippen LogP contribution < -0.4 is 0 Å². The van der Waals surface area contributed by atoms with E-state index >= 15 is 0 Å². The molecule has 3 aromatic carbocycles. The maximum Gasteiger partial charge on any atom is 0.0636 e. The van der Waals surface area contributed by atoms with Crippen molar-refractivity contribution in [3.63, 3.8) is 0 Å². The van der Waals surface area contributed by atoms with Crippen LogP contribution in [0.3, 0.4) is 0 Å². The van der Waals surface area contributed by atoms with Gasteiger partial charge in [-0.2, -0.15) is 0 Å². The Morgan fingerprint density at radius 1 is 0.952 bits per heavy atom. The van der Waals surface area contributed by atoms with Gasteiger partial charge >= 0.3 is 0 Å². The Balaban J connectivity index is 1.94. The summed E-state index contributed by atoms with van der Waals surface area (Å²) in [6.07, 6.45) is 0.781. The molecule has 3 rings (SSSR count). The van der Waals surface area contributed by atoms with Crippen molar-refractivity contribution in [1.82, 2.24) is 0 Å². The summed E-state index contributed by atoms with van der Waals surface area (Å²) < 4.78 is 0.954. The summed E-state index contributed by atoms with van der Waals surface area (Å²) in [6.45, 7) is 0. The molecule has 0 aliphatic rings. The van der Waals surface area contributed by atoms with Gasteiger partial charge < -0.3 is 0 Å². The van der Waals surface area contributed by atoms with Crippen molar-refractivity contribution < 1.29 is 0 Å². The lowest BCUT2D eigenvalue weighted by molar-refractivity contribution is 0.922. The molecule has 3 heteroatoms. The largest absolute Gasteiger partial charge is 0.117 e. The molecule has 21 heavy (non-hydrogen) atoms. The summed E-state index contributed by atoms with van der Waals surface area (Å²) in [4.78, 5) is 0. The molecule has 0 nitrogen and oxygen atoms in total. The van der Waals surface area contributed by atoms with Crippen molar-refractivity contribution >= 4 is 49.9 Å². The van der Waals surface area contributed by atoms with Gasteiger partial charge in [0.15, 0.2) is 0 Å². The lowest BCUT2D eigenvalue weighted by atomic mass is 9.98. The Morgan fingerprint density at radius 2 is 1.71 bits per heavy atom. The van der Waals surface area contributed by atoms with E-state index in [-0.39, 0.29) is 5.38 Å². The molecule has 0 amide bonds. The molecule has 1 atom stereocenters. The molecule has 0 radical (unpaired) electrons. The van der Waals surface area contributed by atoms with Crippen molar-refractivity contribution in [3.8, 4) is 0 Å². The molecule has 0 heterocycles. The number of hydrogen-bond acceptors (Lipinski definition) is 0. The summed E-state index contributed by atoms with van der Waals surface area (Å²) >= 11 is 16.2. The number of hydrogen-bond donors (Lipinski definition) is 0. The molecule has 0 saturated carbocycles. The first kappa shape index (κ1) is 14.9. The molecule has 0 bridgehead atoms. The van der Waals surface area contributed by atoms with Crippen LogP contribution in [-0.4, -0.2) is 0 Å². The van der Waals surface area contributed by atoms with Crippen molar-refractivity contribution in [2.24, 2.45) is 0 Å². The van der Waals surface area contributed by atoms with Crippen molar-refractivity contribution in [2.75, 3.05) is 0 Å². The third kappa shape index (κ3) is 3.26. The van der Waals surface area contributed by atoms with Gasteiger partial charge in [0, 0.05) is 9.50 Å². The highest BCUT2D eigenvalue weighted by Crippen LogP contribution is 2.34. The van der Waals surface area contributed by atoms with Gasteiger partial charge in [0.1, 0.15) is 0 Å². The SMILES string of the molecule is Clc1ccc(C(Cl)Cc2cccc3ccccc23)c(Br)c1. The third-order valence-electron chi connectivity index (χ3n) is 3.58. The summed E-state index contributed by atoms with van der Waals surface area (Å²) in [7, 11) is 0. The number of halogens is 3. The van der Waals surface area contributed by atoms with Crippen molar-refractivity contribution in [2.45, 2.75) is 11.8 Å². The lowest BCUT2D eigenvalue weighted by Crippen LogP contribution is -1.98. The van der Waals surface area contributed by atoms with E-state index in [0.717, 1.165) is 16.5 Å². The first-order valence-corrected chi connectivity index (χ1v) is 8.31. The molecule has 106 valence electrons. The van der Waals surface area contributed by atoms with Crippen LogP contribution in [0.2, 0.25) is 5.02 Å². The smallest absolute Gasteiger partial charge is 0.0636 e. The van der Waals surface area contributed by atoms with E-state index in [0.29, 0.717) is 5.02 Å². The maximum absolute atomic E-state index is 6.63. The van der Waals surface area contributed by atoms with E-state index in [1.54, 1.807) is 0 Å². The van der Waals surface area contributed by atoms with Crippen molar-refractivity contribution in [3.05, 3.63) is 81.3 Å². The Labute approximate surface area is 142 Å². The highest BCUT2D eigenvalue weighted by molar-refractivity contribution is 9.10. The molecular weight excluding hydrogens is 367 g/mol. The van der Waals surface area contributed by atoms with Gasteiger partial charge in [-0.05, 0) is 40.5 Å². The van der Waals surface area contributed by atoms with Crippen LogP contribution in [0.5, 0.6) is 0 Å². The molecule has 0 aliphatic heterocycles. The predicted octanol–water partition coefficient (Wildman–Crippen LogP) is 6.78. The summed E-state index contributed by atoms with van der Waals surface area (Å²) in [5.41, 5.74) is 2.32. The van der Waals surface area contributed by atoms with Gasteiger partial charge in [-0.25, -0.2) is 0 Å². The molecule has 0 aliphatic carbocycles. The van der Waals surface area contributed by atoms with E-state index in [1.807, 2.05) is 18.2 Å². The van der Waals surface area contributed by atoms with Crippen LogP contribution in [-0.2, 0) is 6.42 Å². The number of benzene rings is 3. The zero-order chi connectivity index (χ0) is 14.8. The first-order chi connectivity index (χ1) is 10.1. The number of fused-ring (bicyclic) bond motifs is 1. The fraction of sp³-hybridized carbons (Fsp3) is 0.111. The monoisotopic (exact) mass is 378 g/mol. The van der Waals surface area contributed by atoms with Gasteiger partial charge in [0.2, 0.25) is 0 Å². The second-order valence-corrected chi connectivity index (χ2v) is 6.79. The standard InChI is InChI=1S/C18H13BrCl2/c19-17-11-14(20)8-9-16(17)18(21)10-13-6-3-5-12-4-1-2-7-15(12)13/h1-9,11,18H,10H2. The predicted molar refractivity (Wildman–Crippen MR) is 95.4 cm³/mol. The van der Waals surface area contributed by atoms with Gasteiger partial charge in [0.05, 0.1) is 5.38 Å². The molecule has 3 aromatic rings. The van der Waals surface area contributed by atoms with Gasteiger partial charge in [-0.15, -0.1) is 11.6 Å². The second-order valence-electron chi connectivity index (χ2n) is 4.98. The normalized spacial score (nSPS) is 12.5. The first-order valence-electron chi connectivity index (χ1n) is 6.71. The van der Waals surface area contributed by atoms with Crippen LogP contribution in [0.25, 0.3) is 10.8 Å². The van der Waals surface area contributed by atoms with E-state index < -0.39 is 0 Å². The highest BCUT2D eigenvalue weighted by atomic mass is 79.9.